The Bertz CT molecular complexity index is 551. The number of aliphatic hydroxyl groups is 2. The van der Waals surface area contributed by atoms with Crippen LogP contribution in [0, 0.1) is 0 Å². The number of carbonyl (C=O) groups excluding carboxylic acids is 1. The number of carbonyl (C=O) groups is 1. The third-order valence-corrected chi connectivity index (χ3v) is 4.43. The fraction of sp³-hybridized carbons (Fsp3) is 0.885. The van der Waals surface area contributed by atoms with Crippen LogP contribution in [0.15, 0.2) is 12.3 Å². The van der Waals surface area contributed by atoms with Gasteiger partial charge in [0.25, 0.3) is 0 Å². The molecule has 0 saturated carbocycles. The van der Waals surface area contributed by atoms with Crippen molar-refractivity contribution in [1.29, 1.82) is 0 Å². The quantitative estimate of drug-likeness (QED) is 0.0580. The molecule has 1 unspecified atom stereocenters. The highest BCUT2D eigenvalue weighted by Crippen LogP contribution is 2.02. The number of aliphatic hydroxyl groups excluding tert-OH is 2. The summed E-state index contributed by atoms with van der Waals surface area (Å²) in [7, 11) is 0. The van der Waals surface area contributed by atoms with Crippen molar-refractivity contribution >= 4 is 5.97 Å². The van der Waals surface area contributed by atoms with Crippen LogP contribution in [0.1, 0.15) is 6.92 Å². The van der Waals surface area contributed by atoms with Gasteiger partial charge in [0.1, 0.15) is 0 Å². The van der Waals surface area contributed by atoms with Gasteiger partial charge in [0.05, 0.1) is 145 Å². The van der Waals surface area contributed by atoms with Gasteiger partial charge >= 0.3 is 5.97 Å². The Morgan fingerprint density at radius 1 is 0.525 bits per heavy atom. The van der Waals surface area contributed by atoms with Crippen LogP contribution in [0.2, 0.25) is 0 Å². The molecule has 0 saturated heterocycles. The van der Waals surface area contributed by atoms with Crippen molar-refractivity contribution < 1.29 is 67.1 Å². The van der Waals surface area contributed by atoms with E-state index in [1.54, 1.807) is 6.92 Å². The Morgan fingerprint density at radius 2 is 0.825 bits per heavy atom. The number of ether oxygens (including phenoxy) is 11. The molecule has 1 atom stereocenters. The average Bonchev–Trinajstić information content (AvgIpc) is 2.93. The molecule has 238 valence electrons. The molecule has 0 bridgehead atoms. The van der Waals surface area contributed by atoms with Gasteiger partial charge in [-0.3, -0.25) is 0 Å². The lowest BCUT2D eigenvalue weighted by Gasteiger charge is -2.17. The van der Waals surface area contributed by atoms with E-state index in [4.69, 9.17) is 62.3 Å². The third kappa shape index (κ3) is 29.7. The van der Waals surface area contributed by atoms with Gasteiger partial charge < -0.3 is 62.3 Å². The molecule has 0 fully saturated rings. The van der Waals surface area contributed by atoms with Crippen molar-refractivity contribution in [3.8, 4) is 0 Å². The van der Waals surface area contributed by atoms with Gasteiger partial charge in [-0.2, -0.15) is 0 Å². The maximum Gasteiger partial charge on any atom is 0.342 e. The van der Waals surface area contributed by atoms with Gasteiger partial charge in [0, 0.05) is 0 Å². The van der Waals surface area contributed by atoms with E-state index in [-0.39, 0.29) is 45.4 Å². The number of hydrogen-bond donors (Lipinski definition) is 2. The normalized spacial score (nSPS) is 12.1. The first kappa shape index (κ1) is 38.7. The summed E-state index contributed by atoms with van der Waals surface area (Å²) in [6, 6.07) is 0. The summed E-state index contributed by atoms with van der Waals surface area (Å²) >= 11 is 0. The van der Waals surface area contributed by atoms with Crippen molar-refractivity contribution in [2.45, 2.75) is 13.0 Å². The molecule has 0 aliphatic heterocycles. The Hall–Kier alpha value is -1.27. The lowest BCUT2D eigenvalue weighted by atomic mass is 10.4. The maximum absolute atomic E-state index is 12.2. The van der Waals surface area contributed by atoms with Crippen LogP contribution in [-0.4, -0.2) is 161 Å². The molecule has 2 N–H and O–H groups in total. The zero-order chi connectivity index (χ0) is 29.4. The molecule has 0 spiro atoms. The smallest absolute Gasteiger partial charge is 0.342 e. The van der Waals surface area contributed by atoms with Gasteiger partial charge in [-0.05, 0) is 6.92 Å². The summed E-state index contributed by atoms with van der Waals surface area (Å²) < 4.78 is 58.6. The van der Waals surface area contributed by atoms with Gasteiger partial charge in [-0.1, -0.05) is 6.58 Å². The zero-order valence-electron chi connectivity index (χ0n) is 23.9. The second-order valence-corrected chi connectivity index (χ2v) is 7.90. The second kappa shape index (κ2) is 32.2. The highest BCUT2D eigenvalue weighted by molar-refractivity contribution is 5.75. The first-order chi connectivity index (χ1) is 19.6. The number of rotatable bonds is 33. The summed E-state index contributed by atoms with van der Waals surface area (Å²) in [5, 5.41) is 17.2. The van der Waals surface area contributed by atoms with Gasteiger partial charge in [-0.25, -0.2) is 4.79 Å². The molecule has 0 rings (SSSR count). The Kier molecular flexibility index (Phi) is 31.2. The first-order valence-electron chi connectivity index (χ1n) is 13.5. The summed E-state index contributed by atoms with van der Waals surface area (Å²) in [6.45, 7) is 11.9. The molecule has 0 aromatic rings. The minimum absolute atomic E-state index is 0.000514. The second-order valence-electron chi connectivity index (χ2n) is 7.90. The van der Waals surface area contributed by atoms with Crippen molar-refractivity contribution in [1.82, 2.24) is 0 Å². The highest BCUT2D eigenvalue weighted by atomic mass is 16.6. The molecule has 0 aliphatic carbocycles. The molecule has 14 nitrogen and oxygen atoms in total. The van der Waals surface area contributed by atoms with Crippen LogP contribution in [0.4, 0.5) is 0 Å². The van der Waals surface area contributed by atoms with E-state index in [0.717, 1.165) is 0 Å². The summed E-state index contributed by atoms with van der Waals surface area (Å²) in [6.07, 6.45) is -0.924. The van der Waals surface area contributed by atoms with Gasteiger partial charge in [-0.15, -0.1) is 0 Å². The summed E-state index contributed by atoms with van der Waals surface area (Å²) in [5.41, 5.74) is 0. The van der Waals surface area contributed by atoms with E-state index in [9.17, 15) is 4.79 Å². The van der Waals surface area contributed by atoms with E-state index < -0.39 is 12.1 Å². The predicted octanol–water partition coefficient (Wildman–Crippen LogP) is -0.418. The van der Waals surface area contributed by atoms with Crippen molar-refractivity contribution in [3.63, 3.8) is 0 Å². The number of hydrogen-bond acceptors (Lipinski definition) is 14. The van der Waals surface area contributed by atoms with Crippen molar-refractivity contribution in [3.05, 3.63) is 12.3 Å². The zero-order valence-corrected chi connectivity index (χ0v) is 23.9. The van der Waals surface area contributed by atoms with E-state index in [0.29, 0.717) is 99.1 Å². The van der Waals surface area contributed by atoms with E-state index in [1.807, 2.05) is 0 Å². The SMILES string of the molecule is C=C(C)OC(=O)C(COCCOCCOCCOCCOCCO)OCCOCCOCCOCCOCCO. The van der Waals surface area contributed by atoms with Crippen molar-refractivity contribution in [2.24, 2.45) is 0 Å². The van der Waals surface area contributed by atoms with Gasteiger partial charge in [0.2, 0.25) is 0 Å². The molecular weight excluding hydrogens is 536 g/mol. The molecule has 0 heterocycles. The molecule has 40 heavy (non-hydrogen) atoms. The standard InChI is InChI=1S/C26H50O14/c1-24(2)40-26(29)25(39-22-21-37-18-17-35-14-12-33-10-8-31-6-4-28)23-38-20-19-36-16-15-34-13-11-32-9-7-30-5-3-27/h25,27-28H,1,3-23H2,2H3. The van der Waals surface area contributed by atoms with E-state index in [2.05, 4.69) is 6.58 Å². The summed E-state index contributed by atoms with van der Waals surface area (Å²) in [4.78, 5) is 12.2. The van der Waals surface area contributed by atoms with Crippen LogP contribution in [0.3, 0.4) is 0 Å². The fourth-order valence-electron chi connectivity index (χ4n) is 2.63. The van der Waals surface area contributed by atoms with E-state index >= 15 is 0 Å². The monoisotopic (exact) mass is 586 g/mol. The van der Waals surface area contributed by atoms with Crippen LogP contribution in [0.25, 0.3) is 0 Å². The molecule has 0 radical (unpaired) electrons. The molecule has 0 aromatic heterocycles. The molecule has 0 aromatic carbocycles. The van der Waals surface area contributed by atoms with Gasteiger partial charge in [0.15, 0.2) is 6.10 Å². The minimum atomic E-state index is -0.924. The van der Waals surface area contributed by atoms with Crippen LogP contribution in [-0.2, 0) is 56.9 Å². The Balaban J connectivity index is 3.71. The lowest BCUT2D eigenvalue weighted by Crippen LogP contribution is -2.32. The van der Waals surface area contributed by atoms with Crippen molar-refractivity contribution in [2.75, 3.05) is 139 Å². The third-order valence-electron chi connectivity index (χ3n) is 4.43. The lowest BCUT2D eigenvalue weighted by molar-refractivity contribution is -0.158. The Morgan fingerprint density at radius 3 is 1.15 bits per heavy atom. The topological polar surface area (TPSA) is 159 Å². The Labute approximate surface area is 237 Å². The molecular formula is C26H50O14. The average molecular weight is 587 g/mol. The highest BCUT2D eigenvalue weighted by Gasteiger charge is 2.21. The minimum Gasteiger partial charge on any atom is -0.430 e. The maximum atomic E-state index is 12.2. The molecule has 0 amide bonds. The number of allylic oxidation sites excluding steroid dienone is 1. The first-order valence-corrected chi connectivity index (χ1v) is 13.5. The predicted molar refractivity (Wildman–Crippen MR) is 142 cm³/mol. The number of esters is 1. The van der Waals surface area contributed by atoms with Crippen LogP contribution in [0.5, 0.6) is 0 Å². The molecule has 0 aliphatic rings. The molecule has 14 heteroatoms. The van der Waals surface area contributed by atoms with Crippen LogP contribution >= 0.6 is 0 Å². The van der Waals surface area contributed by atoms with E-state index in [1.165, 1.54) is 0 Å². The largest absolute Gasteiger partial charge is 0.430 e. The summed E-state index contributed by atoms with van der Waals surface area (Å²) in [5.74, 6) is -0.327. The van der Waals surface area contributed by atoms with Crippen LogP contribution < -0.4 is 0 Å². The fourth-order valence-corrected chi connectivity index (χ4v) is 2.63.